The molecule has 182 valence electrons. The maximum atomic E-state index is 12.7. The molecule has 1 fully saturated rings. The first kappa shape index (κ1) is 25.2. The highest BCUT2D eigenvalue weighted by Gasteiger charge is 2.50. The molecular formula is C19H20N4O9S2. The number of nitrogens with zero attached hydrogens (tertiary/aromatic N) is 3. The molecule has 2 aliphatic heterocycles. The number of aliphatic carboxylic acids is 1. The summed E-state index contributed by atoms with van der Waals surface area (Å²) in [5, 5.41) is 15.8. The first-order valence-corrected chi connectivity index (χ1v) is 11.9. The van der Waals surface area contributed by atoms with E-state index in [-0.39, 0.29) is 29.2 Å². The molecule has 13 nitrogen and oxygen atoms in total. The number of carbonyl (C=O) groups excluding carboxylic acids is 4. The number of rotatable bonds is 10. The van der Waals surface area contributed by atoms with Gasteiger partial charge in [-0.15, -0.1) is 23.1 Å². The number of ether oxygens (including phenoxy) is 2. The number of esters is 2. The number of thiazole rings is 1. The van der Waals surface area contributed by atoms with E-state index in [0.717, 1.165) is 0 Å². The SMILES string of the molecule is CCC(=O)OC(C)OC(=O)C1=CN2C(=O)C(NC(=O)C(=NOCC(=O)O)c3cscn3)[C@H]2SC1. The molecule has 0 saturated carbocycles. The number of nitrogens with one attached hydrogen (secondary N) is 1. The normalized spacial score (nSPS) is 20.3. The van der Waals surface area contributed by atoms with Crippen molar-refractivity contribution in [2.45, 2.75) is 38.0 Å². The Hall–Kier alpha value is -3.46. The Balaban J connectivity index is 1.62. The lowest BCUT2D eigenvalue weighted by molar-refractivity contribution is -0.181. The summed E-state index contributed by atoms with van der Waals surface area (Å²) in [5.41, 5.74) is 1.55. The van der Waals surface area contributed by atoms with E-state index in [1.54, 1.807) is 6.92 Å². The van der Waals surface area contributed by atoms with Gasteiger partial charge in [-0.25, -0.2) is 14.6 Å². The molecule has 0 radical (unpaired) electrons. The smallest absolute Gasteiger partial charge is 0.344 e. The Morgan fingerprint density at radius 2 is 2.12 bits per heavy atom. The number of carbonyl (C=O) groups is 5. The topological polar surface area (TPSA) is 174 Å². The summed E-state index contributed by atoms with van der Waals surface area (Å²) >= 11 is 2.42. The highest BCUT2D eigenvalue weighted by Crippen LogP contribution is 2.36. The van der Waals surface area contributed by atoms with Gasteiger partial charge in [0.05, 0.1) is 11.1 Å². The van der Waals surface area contributed by atoms with E-state index in [9.17, 15) is 24.0 Å². The molecule has 2 unspecified atom stereocenters. The second-order valence-electron chi connectivity index (χ2n) is 6.85. The fourth-order valence-electron chi connectivity index (χ4n) is 2.84. The maximum Gasteiger partial charge on any atom is 0.344 e. The van der Waals surface area contributed by atoms with Gasteiger partial charge >= 0.3 is 17.9 Å². The number of aromatic nitrogens is 1. The fraction of sp³-hybridized carbons (Fsp3) is 0.421. The standard InChI is InChI=1S/C19H20N4O9S2/c1-3-13(26)31-9(2)32-19(29)10-4-23-17(28)15(18(23)34-6-10)21-16(27)14(11-7-33-8-20-11)22-30-5-12(24)25/h4,7-9,15,18H,3,5-6H2,1-2H3,(H,21,27)(H,24,25)/t9?,15?,18-/m1/s1. The quantitative estimate of drug-likeness (QED) is 0.143. The predicted octanol–water partition coefficient (Wildman–Crippen LogP) is 0.0746. The molecule has 0 spiro atoms. The van der Waals surface area contributed by atoms with Gasteiger partial charge in [0, 0.05) is 30.7 Å². The van der Waals surface area contributed by atoms with Crippen molar-refractivity contribution in [3.8, 4) is 0 Å². The summed E-state index contributed by atoms with van der Waals surface area (Å²) in [4.78, 5) is 69.5. The molecule has 1 aromatic heterocycles. The third-order valence-electron chi connectivity index (χ3n) is 4.43. The molecule has 3 heterocycles. The van der Waals surface area contributed by atoms with E-state index < -0.39 is 54.0 Å². The van der Waals surface area contributed by atoms with Gasteiger partial charge in [-0.05, 0) is 0 Å². The minimum Gasteiger partial charge on any atom is -0.479 e. The van der Waals surface area contributed by atoms with Crippen molar-refractivity contribution in [2.75, 3.05) is 12.4 Å². The Labute approximate surface area is 201 Å². The highest BCUT2D eigenvalue weighted by atomic mass is 32.2. The molecule has 0 aromatic carbocycles. The second kappa shape index (κ2) is 11.1. The molecule has 3 rings (SSSR count). The van der Waals surface area contributed by atoms with Crippen LogP contribution in [0.15, 0.2) is 27.8 Å². The third kappa shape index (κ3) is 5.91. The Kier molecular flexibility index (Phi) is 8.22. The fourth-order valence-corrected chi connectivity index (χ4v) is 4.62. The van der Waals surface area contributed by atoms with Gasteiger partial charge in [0.2, 0.25) is 12.9 Å². The number of fused-ring (bicyclic) bond motifs is 1. The predicted molar refractivity (Wildman–Crippen MR) is 117 cm³/mol. The molecule has 15 heteroatoms. The zero-order chi connectivity index (χ0) is 24.8. The van der Waals surface area contributed by atoms with Crippen LogP contribution in [-0.2, 0) is 38.3 Å². The summed E-state index contributed by atoms with van der Waals surface area (Å²) in [6, 6.07) is -0.904. The van der Waals surface area contributed by atoms with Crippen LogP contribution in [0.4, 0.5) is 0 Å². The minimum atomic E-state index is -1.27. The molecule has 34 heavy (non-hydrogen) atoms. The molecule has 2 amide bonds. The average Bonchev–Trinajstić information content (AvgIpc) is 3.33. The van der Waals surface area contributed by atoms with Gasteiger partial charge in [0.15, 0.2) is 5.71 Å². The van der Waals surface area contributed by atoms with Crippen LogP contribution in [-0.4, -0.2) is 80.5 Å². The van der Waals surface area contributed by atoms with Crippen LogP contribution >= 0.6 is 23.1 Å². The molecular weight excluding hydrogens is 492 g/mol. The first-order chi connectivity index (χ1) is 16.2. The summed E-state index contributed by atoms with van der Waals surface area (Å²) < 4.78 is 9.97. The van der Waals surface area contributed by atoms with Gasteiger partial charge in [-0.1, -0.05) is 12.1 Å². The summed E-state index contributed by atoms with van der Waals surface area (Å²) in [6.45, 7) is 2.26. The van der Waals surface area contributed by atoms with E-state index in [1.165, 1.54) is 52.0 Å². The second-order valence-corrected chi connectivity index (χ2v) is 8.67. The van der Waals surface area contributed by atoms with Gasteiger partial charge in [0.1, 0.15) is 17.1 Å². The van der Waals surface area contributed by atoms with E-state index in [2.05, 4.69) is 20.3 Å². The van der Waals surface area contributed by atoms with Crippen molar-refractivity contribution < 1.29 is 43.4 Å². The maximum absolute atomic E-state index is 12.7. The molecule has 3 atom stereocenters. The van der Waals surface area contributed by atoms with Crippen molar-refractivity contribution >= 4 is 58.5 Å². The lowest BCUT2D eigenvalue weighted by atomic mass is 10.1. The number of β-lactam (4-membered cyclic amide) rings is 1. The Bertz CT molecular complexity index is 1040. The molecule has 0 aliphatic carbocycles. The lowest BCUT2D eigenvalue weighted by Gasteiger charge is -2.47. The third-order valence-corrected chi connectivity index (χ3v) is 6.33. The van der Waals surface area contributed by atoms with Gasteiger partial charge in [-0.3, -0.25) is 14.4 Å². The van der Waals surface area contributed by atoms with E-state index >= 15 is 0 Å². The van der Waals surface area contributed by atoms with E-state index in [1.807, 2.05) is 0 Å². The Morgan fingerprint density at radius 3 is 2.76 bits per heavy atom. The molecule has 1 saturated heterocycles. The molecule has 2 N–H and O–H groups in total. The number of amides is 2. The van der Waals surface area contributed by atoms with Crippen molar-refractivity contribution in [2.24, 2.45) is 5.16 Å². The monoisotopic (exact) mass is 512 g/mol. The van der Waals surface area contributed by atoms with E-state index in [0.29, 0.717) is 0 Å². The minimum absolute atomic E-state index is 0.137. The first-order valence-electron chi connectivity index (χ1n) is 9.87. The number of carboxylic acids is 1. The highest BCUT2D eigenvalue weighted by molar-refractivity contribution is 8.00. The lowest BCUT2D eigenvalue weighted by Crippen LogP contribution is -2.69. The summed E-state index contributed by atoms with van der Waals surface area (Å²) in [6.07, 6.45) is 0.404. The summed E-state index contributed by atoms with van der Waals surface area (Å²) in [5.74, 6) is -3.55. The van der Waals surface area contributed by atoms with Crippen LogP contribution in [0.5, 0.6) is 0 Å². The number of hydrogen-bond donors (Lipinski definition) is 2. The largest absolute Gasteiger partial charge is 0.479 e. The summed E-state index contributed by atoms with van der Waals surface area (Å²) in [7, 11) is 0. The number of hydrogen-bond acceptors (Lipinski definition) is 12. The zero-order valence-electron chi connectivity index (χ0n) is 18.0. The van der Waals surface area contributed by atoms with Crippen LogP contribution in [0.2, 0.25) is 0 Å². The molecule has 0 bridgehead atoms. The van der Waals surface area contributed by atoms with Gasteiger partial charge < -0.3 is 29.6 Å². The number of thioether (sulfide) groups is 1. The zero-order valence-corrected chi connectivity index (χ0v) is 19.6. The van der Waals surface area contributed by atoms with Crippen LogP contribution in [0.25, 0.3) is 0 Å². The van der Waals surface area contributed by atoms with Crippen LogP contribution < -0.4 is 5.32 Å². The van der Waals surface area contributed by atoms with Crippen molar-refractivity contribution in [1.82, 2.24) is 15.2 Å². The van der Waals surface area contributed by atoms with Crippen molar-refractivity contribution in [3.05, 3.63) is 28.4 Å². The van der Waals surface area contributed by atoms with E-state index in [4.69, 9.17) is 14.6 Å². The van der Waals surface area contributed by atoms with Crippen molar-refractivity contribution in [3.63, 3.8) is 0 Å². The Morgan fingerprint density at radius 1 is 1.35 bits per heavy atom. The average molecular weight is 513 g/mol. The number of oxime groups is 1. The molecule has 1 aromatic rings. The van der Waals surface area contributed by atoms with Gasteiger partial charge in [-0.2, -0.15) is 0 Å². The molecule has 2 aliphatic rings. The van der Waals surface area contributed by atoms with Crippen molar-refractivity contribution in [1.29, 1.82) is 0 Å². The van der Waals surface area contributed by atoms with Crippen LogP contribution in [0.3, 0.4) is 0 Å². The van der Waals surface area contributed by atoms with Gasteiger partial charge in [0.25, 0.3) is 11.8 Å². The van der Waals surface area contributed by atoms with Crippen LogP contribution in [0.1, 0.15) is 26.0 Å². The number of carboxylic acid groups (broad SMARTS) is 1. The van der Waals surface area contributed by atoms with Crippen LogP contribution in [0, 0.1) is 0 Å².